The molecule has 0 fully saturated rings. The number of halogens is 1. The lowest BCUT2D eigenvalue weighted by molar-refractivity contribution is -0.384. The summed E-state index contributed by atoms with van der Waals surface area (Å²) >= 11 is 0. The summed E-state index contributed by atoms with van der Waals surface area (Å²) < 4.78 is 14.3. The SMILES string of the molecule is CCNCc1cn(-c2ccc(F)cc2[N+](=O)[O-])nn1. The van der Waals surface area contributed by atoms with E-state index >= 15 is 0 Å². The van der Waals surface area contributed by atoms with E-state index < -0.39 is 10.7 Å². The Kier molecular flexibility index (Phi) is 3.81. The van der Waals surface area contributed by atoms with Crippen LogP contribution in [0.2, 0.25) is 0 Å². The Bertz CT molecular complexity index is 599. The average Bonchev–Trinajstić information content (AvgIpc) is 2.84. The summed E-state index contributed by atoms with van der Waals surface area (Å²) in [6.45, 7) is 3.25. The number of rotatable bonds is 5. The number of nitrogens with one attached hydrogen (secondary N) is 1. The van der Waals surface area contributed by atoms with Crippen LogP contribution in [0.1, 0.15) is 12.6 Å². The van der Waals surface area contributed by atoms with Gasteiger partial charge in [-0.3, -0.25) is 10.1 Å². The minimum absolute atomic E-state index is 0.182. The summed E-state index contributed by atoms with van der Waals surface area (Å²) in [7, 11) is 0. The van der Waals surface area contributed by atoms with Crippen molar-refractivity contribution in [2.45, 2.75) is 13.5 Å². The van der Waals surface area contributed by atoms with Gasteiger partial charge >= 0.3 is 0 Å². The minimum atomic E-state index is -0.663. The fourth-order valence-electron chi connectivity index (χ4n) is 1.59. The molecule has 7 nitrogen and oxygen atoms in total. The van der Waals surface area contributed by atoms with Crippen molar-refractivity contribution in [2.75, 3.05) is 6.54 Å². The molecule has 0 aliphatic carbocycles. The third kappa shape index (κ3) is 2.91. The van der Waals surface area contributed by atoms with Crippen molar-refractivity contribution in [1.29, 1.82) is 0 Å². The summed E-state index contributed by atoms with van der Waals surface area (Å²) in [4.78, 5) is 10.2. The van der Waals surface area contributed by atoms with Gasteiger partial charge in [-0.05, 0) is 18.7 Å². The molecule has 8 heteroatoms. The van der Waals surface area contributed by atoms with Crippen molar-refractivity contribution in [3.63, 3.8) is 0 Å². The van der Waals surface area contributed by atoms with Crippen LogP contribution in [0.3, 0.4) is 0 Å². The number of hydrogen-bond donors (Lipinski definition) is 1. The van der Waals surface area contributed by atoms with Crippen LogP contribution in [0.5, 0.6) is 0 Å². The van der Waals surface area contributed by atoms with Gasteiger partial charge in [0.25, 0.3) is 5.69 Å². The normalized spacial score (nSPS) is 10.6. The number of hydrogen-bond acceptors (Lipinski definition) is 5. The predicted molar refractivity (Wildman–Crippen MR) is 65.4 cm³/mol. The molecule has 0 radical (unpaired) electrons. The number of benzene rings is 1. The zero-order valence-corrected chi connectivity index (χ0v) is 10.2. The van der Waals surface area contributed by atoms with Gasteiger partial charge in [-0.1, -0.05) is 12.1 Å². The van der Waals surface area contributed by atoms with Crippen LogP contribution in [0, 0.1) is 15.9 Å². The molecule has 1 N–H and O–H groups in total. The van der Waals surface area contributed by atoms with Gasteiger partial charge in [-0.25, -0.2) is 9.07 Å². The summed E-state index contributed by atoms with van der Waals surface area (Å²) in [6, 6.07) is 3.31. The molecule has 0 unspecified atom stereocenters. The van der Waals surface area contributed by atoms with Gasteiger partial charge in [-0.2, -0.15) is 0 Å². The van der Waals surface area contributed by atoms with E-state index in [1.807, 2.05) is 6.92 Å². The van der Waals surface area contributed by atoms with E-state index in [1.54, 1.807) is 6.20 Å². The highest BCUT2D eigenvalue weighted by molar-refractivity contribution is 5.51. The quantitative estimate of drug-likeness (QED) is 0.652. The average molecular weight is 265 g/mol. The molecule has 0 amide bonds. The highest BCUT2D eigenvalue weighted by Gasteiger charge is 2.17. The molecule has 0 saturated carbocycles. The van der Waals surface area contributed by atoms with E-state index in [1.165, 1.54) is 10.7 Å². The Morgan fingerprint density at radius 1 is 1.53 bits per heavy atom. The van der Waals surface area contributed by atoms with Crippen LogP contribution >= 0.6 is 0 Å². The molecule has 0 aliphatic rings. The number of aromatic nitrogens is 3. The highest BCUT2D eigenvalue weighted by Crippen LogP contribution is 2.23. The molecule has 2 aromatic rings. The zero-order chi connectivity index (χ0) is 13.8. The Morgan fingerprint density at radius 2 is 2.32 bits per heavy atom. The van der Waals surface area contributed by atoms with Crippen molar-refractivity contribution in [3.05, 3.63) is 46.0 Å². The lowest BCUT2D eigenvalue weighted by atomic mass is 10.2. The Morgan fingerprint density at radius 3 is 3.00 bits per heavy atom. The Balaban J connectivity index is 2.36. The monoisotopic (exact) mass is 265 g/mol. The number of nitro benzene ring substituents is 1. The first-order chi connectivity index (χ1) is 9.11. The molecule has 0 saturated heterocycles. The second kappa shape index (κ2) is 5.53. The molecule has 100 valence electrons. The third-order valence-corrected chi connectivity index (χ3v) is 2.48. The molecule has 0 atom stereocenters. The first-order valence-electron chi connectivity index (χ1n) is 5.68. The first kappa shape index (κ1) is 13.1. The molecule has 0 aliphatic heterocycles. The van der Waals surface area contributed by atoms with Crippen LogP contribution in [0.25, 0.3) is 5.69 Å². The summed E-state index contributed by atoms with van der Waals surface area (Å²) in [5, 5.41) is 21.7. The maximum Gasteiger partial charge on any atom is 0.297 e. The largest absolute Gasteiger partial charge is 0.311 e. The Labute approximate surface area is 108 Å². The minimum Gasteiger partial charge on any atom is -0.311 e. The van der Waals surface area contributed by atoms with Crippen molar-refractivity contribution in [1.82, 2.24) is 20.3 Å². The van der Waals surface area contributed by atoms with Gasteiger partial charge in [0.1, 0.15) is 11.5 Å². The number of nitrogens with zero attached hydrogens (tertiary/aromatic N) is 4. The summed E-state index contributed by atoms with van der Waals surface area (Å²) in [5.74, 6) is -0.663. The molecule has 1 aromatic heterocycles. The second-order valence-corrected chi connectivity index (χ2v) is 3.82. The van der Waals surface area contributed by atoms with Crippen LogP contribution in [0.4, 0.5) is 10.1 Å². The van der Waals surface area contributed by atoms with Gasteiger partial charge in [0, 0.05) is 6.54 Å². The van der Waals surface area contributed by atoms with Crippen LogP contribution < -0.4 is 5.32 Å². The number of nitro groups is 1. The molecular formula is C11H12FN5O2. The van der Waals surface area contributed by atoms with Crippen molar-refractivity contribution in [2.24, 2.45) is 0 Å². The van der Waals surface area contributed by atoms with E-state index in [0.29, 0.717) is 12.2 Å². The summed E-state index contributed by atoms with van der Waals surface area (Å²) in [5.41, 5.74) is 0.488. The van der Waals surface area contributed by atoms with Gasteiger partial charge in [0.15, 0.2) is 0 Å². The second-order valence-electron chi connectivity index (χ2n) is 3.82. The van der Waals surface area contributed by atoms with Gasteiger partial charge in [-0.15, -0.1) is 5.10 Å². The smallest absolute Gasteiger partial charge is 0.297 e. The lowest BCUT2D eigenvalue weighted by Crippen LogP contribution is -2.11. The zero-order valence-electron chi connectivity index (χ0n) is 10.2. The van der Waals surface area contributed by atoms with Crippen LogP contribution in [-0.2, 0) is 6.54 Å². The van der Waals surface area contributed by atoms with Gasteiger partial charge < -0.3 is 5.32 Å². The van der Waals surface area contributed by atoms with Crippen molar-refractivity contribution < 1.29 is 9.31 Å². The van der Waals surface area contributed by atoms with Crippen molar-refractivity contribution in [3.8, 4) is 5.69 Å². The highest BCUT2D eigenvalue weighted by atomic mass is 19.1. The topological polar surface area (TPSA) is 85.9 Å². The molecule has 1 heterocycles. The molecule has 1 aromatic carbocycles. The van der Waals surface area contributed by atoms with Crippen LogP contribution in [0.15, 0.2) is 24.4 Å². The Hall–Kier alpha value is -2.35. The molecule has 0 spiro atoms. The van der Waals surface area contributed by atoms with Gasteiger partial charge in [0.05, 0.1) is 22.9 Å². The maximum atomic E-state index is 13.0. The molecule has 0 bridgehead atoms. The fraction of sp³-hybridized carbons (Fsp3) is 0.273. The lowest BCUT2D eigenvalue weighted by Gasteiger charge is -2.01. The van der Waals surface area contributed by atoms with E-state index in [2.05, 4.69) is 15.6 Å². The van der Waals surface area contributed by atoms with E-state index in [9.17, 15) is 14.5 Å². The molecule has 19 heavy (non-hydrogen) atoms. The first-order valence-corrected chi connectivity index (χ1v) is 5.68. The van der Waals surface area contributed by atoms with E-state index in [-0.39, 0.29) is 11.4 Å². The predicted octanol–water partition coefficient (Wildman–Crippen LogP) is 1.42. The standard InChI is InChI=1S/C11H12FN5O2/c1-2-13-6-9-7-16(15-14-9)10-4-3-8(12)5-11(10)17(18)19/h3-5,7,13H,2,6H2,1H3. The fourth-order valence-corrected chi connectivity index (χ4v) is 1.59. The van der Waals surface area contributed by atoms with E-state index in [0.717, 1.165) is 18.7 Å². The molecule has 2 rings (SSSR count). The van der Waals surface area contributed by atoms with Crippen LogP contribution in [-0.4, -0.2) is 26.5 Å². The van der Waals surface area contributed by atoms with E-state index in [4.69, 9.17) is 0 Å². The molecular weight excluding hydrogens is 253 g/mol. The summed E-state index contributed by atoms with van der Waals surface area (Å²) in [6.07, 6.45) is 1.57. The van der Waals surface area contributed by atoms with Gasteiger partial charge in [0.2, 0.25) is 0 Å². The van der Waals surface area contributed by atoms with Crippen molar-refractivity contribution >= 4 is 5.69 Å². The maximum absolute atomic E-state index is 13.0. The third-order valence-electron chi connectivity index (χ3n) is 2.48.